The molecule has 2 rings (SSSR count). The van der Waals surface area contributed by atoms with Gasteiger partial charge in [-0.3, -0.25) is 4.90 Å². The molecule has 0 amide bonds. The molecular formula is C15H30N2O. The molecule has 2 aliphatic rings. The molecule has 0 aliphatic carbocycles. The Labute approximate surface area is 112 Å². The van der Waals surface area contributed by atoms with Gasteiger partial charge in [-0.25, -0.2) is 0 Å². The highest BCUT2D eigenvalue weighted by atomic mass is 16.5. The molecule has 2 heterocycles. The van der Waals surface area contributed by atoms with Crippen LogP contribution in [-0.2, 0) is 4.74 Å². The van der Waals surface area contributed by atoms with Crippen molar-refractivity contribution in [2.75, 3.05) is 26.2 Å². The van der Waals surface area contributed by atoms with Gasteiger partial charge in [0.1, 0.15) is 0 Å². The Hall–Kier alpha value is -0.120. The molecule has 2 saturated heterocycles. The lowest BCUT2D eigenvalue weighted by molar-refractivity contribution is -0.0872. The van der Waals surface area contributed by atoms with Crippen molar-refractivity contribution in [3.8, 4) is 0 Å². The zero-order valence-electron chi connectivity index (χ0n) is 12.6. The Bertz CT molecular complexity index is 241. The average molecular weight is 254 g/mol. The van der Waals surface area contributed by atoms with E-state index in [9.17, 15) is 0 Å². The summed E-state index contributed by atoms with van der Waals surface area (Å²) in [6.45, 7) is 13.9. The van der Waals surface area contributed by atoms with Crippen molar-refractivity contribution in [3.05, 3.63) is 0 Å². The third kappa shape index (κ3) is 3.46. The quantitative estimate of drug-likeness (QED) is 0.769. The van der Waals surface area contributed by atoms with Crippen molar-refractivity contribution in [3.63, 3.8) is 0 Å². The fraction of sp³-hybridized carbons (Fsp3) is 1.00. The van der Waals surface area contributed by atoms with Gasteiger partial charge in [0, 0.05) is 25.2 Å². The van der Waals surface area contributed by atoms with Crippen LogP contribution in [0.3, 0.4) is 0 Å². The van der Waals surface area contributed by atoms with Crippen molar-refractivity contribution in [1.82, 2.24) is 9.80 Å². The minimum Gasteiger partial charge on any atom is -0.373 e. The van der Waals surface area contributed by atoms with Crippen LogP contribution in [0.5, 0.6) is 0 Å². The lowest BCUT2D eigenvalue weighted by Gasteiger charge is -2.44. The summed E-state index contributed by atoms with van der Waals surface area (Å²) >= 11 is 0. The topological polar surface area (TPSA) is 15.7 Å². The van der Waals surface area contributed by atoms with Gasteiger partial charge in [0.05, 0.1) is 12.2 Å². The number of likely N-dealkylation sites (tertiary alicyclic amines) is 1. The summed E-state index contributed by atoms with van der Waals surface area (Å²) in [4.78, 5) is 5.33. The minimum atomic E-state index is 0.404. The molecule has 0 N–H and O–H groups in total. The molecule has 0 aromatic rings. The normalized spacial score (nSPS) is 34.7. The largest absolute Gasteiger partial charge is 0.373 e. The minimum absolute atomic E-state index is 0.404. The van der Waals surface area contributed by atoms with Crippen molar-refractivity contribution >= 4 is 0 Å². The van der Waals surface area contributed by atoms with Crippen molar-refractivity contribution in [2.24, 2.45) is 0 Å². The van der Waals surface area contributed by atoms with Gasteiger partial charge in [-0.1, -0.05) is 6.92 Å². The third-order valence-corrected chi connectivity index (χ3v) is 4.68. The van der Waals surface area contributed by atoms with Gasteiger partial charge in [0.2, 0.25) is 0 Å². The van der Waals surface area contributed by atoms with E-state index in [0.29, 0.717) is 12.2 Å². The van der Waals surface area contributed by atoms with Crippen molar-refractivity contribution < 1.29 is 4.74 Å². The predicted octanol–water partition coefficient (Wildman–Crippen LogP) is 2.36. The average Bonchev–Trinajstić information content (AvgIpc) is 2.37. The molecule has 3 heteroatoms. The Morgan fingerprint density at radius 3 is 2.17 bits per heavy atom. The number of rotatable bonds is 3. The monoisotopic (exact) mass is 254 g/mol. The number of piperidine rings is 1. The Kier molecular flexibility index (Phi) is 5.05. The van der Waals surface area contributed by atoms with E-state index in [2.05, 4.69) is 37.5 Å². The second kappa shape index (κ2) is 6.36. The van der Waals surface area contributed by atoms with Crippen LogP contribution in [0, 0.1) is 0 Å². The van der Waals surface area contributed by atoms with Gasteiger partial charge in [-0.2, -0.15) is 0 Å². The van der Waals surface area contributed by atoms with Crippen LogP contribution in [0.1, 0.15) is 47.0 Å². The number of hydrogen-bond donors (Lipinski definition) is 0. The van der Waals surface area contributed by atoms with Crippen molar-refractivity contribution in [1.29, 1.82) is 0 Å². The zero-order valence-corrected chi connectivity index (χ0v) is 12.6. The van der Waals surface area contributed by atoms with Gasteiger partial charge in [-0.15, -0.1) is 0 Å². The first-order valence-corrected chi connectivity index (χ1v) is 7.73. The summed E-state index contributed by atoms with van der Waals surface area (Å²) < 4.78 is 5.83. The molecule has 3 atom stereocenters. The number of nitrogens with zero attached hydrogens (tertiary/aromatic N) is 2. The van der Waals surface area contributed by atoms with Crippen molar-refractivity contribution in [2.45, 2.75) is 71.2 Å². The van der Waals surface area contributed by atoms with Crippen LogP contribution >= 0.6 is 0 Å². The zero-order chi connectivity index (χ0) is 13.1. The van der Waals surface area contributed by atoms with E-state index in [1.165, 1.54) is 32.4 Å². The van der Waals surface area contributed by atoms with Gasteiger partial charge >= 0.3 is 0 Å². The maximum atomic E-state index is 5.83. The summed E-state index contributed by atoms with van der Waals surface area (Å²) in [6.07, 6.45) is 4.76. The summed E-state index contributed by atoms with van der Waals surface area (Å²) in [6, 6.07) is 1.55. The van der Waals surface area contributed by atoms with Crippen LogP contribution < -0.4 is 0 Å². The highest BCUT2D eigenvalue weighted by molar-refractivity contribution is 4.85. The standard InChI is InChI=1S/C15H30N2O/c1-5-12(2)16-8-6-15(7-9-16)17-10-13(3)18-14(4)11-17/h12-15H,5-11H2,1-4H3/t12-,13-,14-/m0/s1. The fourth-order valence-electron chi connectivity index (χ4n) is 3.47. The highest BCUT2D eigenvalue weighted by Gasteiger charge is 2.30. The molecule has 0 bridgehead atoms. The molecule has 0 radical (unpaired) electrons. The fourth-order valence-corrected chi connectivity index (χ4v) is 3.47. The first kappa shape index (κ1) is 14.3. The second-order valence-corrected chi connectivity index (χ2v) is 6.24. The van der Waals surface area contributed by atoms with E-state index < -0.39 is 0 Å². The summed E-state index contributed by atoms with van der Waals surface area (Å²) in [7, 11) is 0. The van der Waals surface area contributed by atoms with Gasteiger partial charge in [0.25, 0.3) is 0 Å². The molecule has 2 fully saturated rings. The molecule has 18 heavy (non-hydrogen) atoms. The predicted molar refractivity (Wildman–Crippen MR) is 75.9 cm³/mol. The van der Waals surface area contributed by atoms with Gasteiger partial charge in [0.15, 0.2) is 0 Å². The van der Waals surface area contributed by atoms with Gasteiger partial charge < -0.3 is 9.64 Å². The van der Waals surface area contributed by atoms with Crippen LogP contribution in [-0.4, -0.2) is 60.3 Å². The Morgan fingerprint density at radius 1 is 1.11 bits per heavy atom. The molecular weight excluding hydrogens is 224 g/mol. The molecule has 106 valence electrons. The maximum absolute atomic E-state index is 5.83. The van der Waals surface area contributed by atoms with Crippen LogP contribution in [0.2, 0.25) is 0 Å². The smallest absolute Gasteiger partial charge is 0.0678 e. The van der Waals surface area contributed by atoms with E-state index in [1.54, 1.807) is 0 Å². The van der Waals surface area contributed by atoms with E-state index in [0.717, 1.165) is 25.2 Å². The van der Waals surface area contributed by atoms with E-state index in [1.807, 2.05) is 0 Å². The lowest BCUT2D eigenvalue weighted by atomic mass is 9.99. The summed E-state index contributed by atoms with van der Waals surface area (Å²) in [5.74, 6) is 0. The van der Waals surface area contributed by atoms with E-state index in [4.69, 9.17) is 4.74 Å². The number of hydrogen-bond acceptors (Lipinski definition) is 3. The molecule has 0 aromatic carbocycles. The highest BCUT2D eigenvalue weighted by Crippen LogP contribution is 2.22. The summed E-state index contributed by atoms with van der Waals surface area (Å²) in [5.41, 5.74) is 0. The van der Waals surface area contributed by atoms with Crippen LogP contribution in [0.4, 0.5) is 0 Å². The molecule has 0 saturated carbocycles. The van der Waals surface area contributed by atoms with Gasteiger partial charge in [-0.05, 0) is 53.1 Å². The second-order valence-electron chi connectivity index (χ2n) is 6.24. The third-order valence-electron chi connectivity index (χ3n) is 4.68. The lowest BCUT2D eigenvalue weighted by Crippen LogP contribution is -2.54. The number of ether oxygens (including phenoxy) is 1. The first-order valence-electron chi connectivity index (χ1n) is 7.73. The van der Waals surface area contributed by atoms with E-state index >= 15 is 0 Å². The Balaban J connectivity index is 1.82. The molecule has 3 nitrogen and oxygen atoms in total. The van der Waals surface area contributed by atoms with E-state index in [-0.39, 0.29) is 0 Å². The maximum Gasteiger partial charge on any atom is 0.0678 e. The Morgan fingerprint density at radius 2 is 1.67 bits per heavy atom. The summed E-state index contributed by atoms with van der Waals surface area (Å²) in [5, 5.41) is 0. The molecule has 2 aliphatic heterocycles. The van der Waals surface area contributed by atoms with Crippen LogP contribution in [0.25, 0.3) is 0 Å². The number of morpholine rings is 1. The molecule has 0 spiro atoms. The SMILES string of the molecule is CC[C@H](C)N1CCC(N2C[C@H](C)O[C@@H](C)C2)CC1. The van der Waals surface area contributed by atoms with Crippen LogP contribution in [0.15, 0.2) is 0 Å². The molecule has 0 unspecified atom stereocenters. The molecule has 0 aromatic heterocycles. The first-order chi connectivity index (χ1) is 8.60.